The van der Waals surface area contributed by atoms with E-state index in [1.165, 1.54) is 11.3 Å². The Morgan fingerprint density at radius 3 is 2.65 bits per heavy atom. The summed E-state index contributed by atoms with van der Waals surface area (Å²) in [6.07, 6.45) is 0. The molecule has 2 heterocycles. The van der Waals surface area contributed by atoms with Crippen molar-refractivity contribution in [1.82, 2.24) is 14.7 Å². The predicted octanol–water partition coefficient (Wildman–Crippen LogP) is 2.43. The van der Waals surface area contributed by atoms with Crippen molar-refractivity contribution in [1.29, 1.82) is 0 Å². The van der Waals surface area contributed by atoms with Crippen LogP contribution in [0.4, 0.5) is 0 Å². The van der Waals surface area contributed by atoms with Crippen LogP contribution < -0.4 is 0 Å². The monoisotopic (exact) mass is 251 g/mol. The quantitative estimate of drug-likeness (QED) is 0.840. The van der Waals surface area contributed by atoms with Gasteiger partial charge in [-0.05, 0) is 26.8 Å². The molecule has 2 rings (SSSR count). The van der Waals surface area contributed by atoms with E-state index in [1.807, 2.05) is 43.5 Å². The van der Waals surface area contributed by atoms with E-state index in [0.717, 1.165) is 33.9 Å². The number of carbonyl (C=O) groups is 1. The van der Waals surface area contributed by atoms with Gasteiger partial charge in [0.1, 0.15) is 4.83 Å². The Balaban J connectivity index is 2.43. The van der Waals surface area contributed by atoms with Gasteiger partial charge in [-0.15, -0.1) is 11.3 Å². The van der Waals surface area contributed by atoms with Crippen molar-refractivity contribution < 1.29 is 4.79 Å². The van der Waals surface area contributed by atoms with Gasteiger partial charge in [0.25, 0.3) is 5.91 Å². The minimum atomic E-state index is 0.121. The first-order chi connectivity index (χ1) is 8.08. The first-order valence-corrected chi connectivity index (χ1v) is 6.62. The number of aromatic nitrogens is 2. The highest BCUT2D eigenvalue weighted by molar-refractivity contribution is 7.20. The molecule has 5 heteroatoms. The first-order valence-electron chi connectivity index (χ1n) is 5.80. The Hall–Kier alpha value is -1.36. The number of fused-ring (bicyclic) bond motifs is 1. The lowest BCUT2D eigenvalue weighted by Gasteiger charge is -2.17. The van der Waals surface area contributed by atoms with Crippen molar-refractivity contribution in [2.45, 2.75) is 20.8 Å². The zero-order valence-electron chi connectivity index (χ0n) is 10.6. The zero-order valence-corrected chi connectivity index (χ0v) is 11.5. The van der Waals surface area contributed by atoms with E-state index < -0.39 is 0 Å². The highest BCUT2D eigenvalue weighted by Gasteiger charge is 2.18. The van der Waals surface area contributed by atoms with Gasteiger partial charge in [-0.1, -0.05) is 0 Å². The van der Waals surface area contributed by atoms with E-state index >= 15 is 0 Å². The van der Waals surface area contributed by atoms with Gasteiger partial charge in [-0.3, -0.25) is 9.48 Å². The summed E-state index contributed by atoms with van der Waals surface area (Å²) in [5, 5.41) is 5.43. The molecule has 0 aromatic carbocycles. The predicted molar refractivity (Wildman–Crippen MR) is 70.6 cm³/mol. The topological polar surface area (TPSA) is 38.1 Å². The Kier molecular flexibility index (Phi) is 3.19. The second-order valence-corrected chi connectivity index (χ2v) is 5.05. The molecule has 92 valence electrons. The largest absolute Gasteiger partial charge is 0.339 e. The first kappa shape index (κ1) is 12.1. The van der Waals surface area contributed by atoms with Gasteiger partial charge < -0.3 is 4.90 Å². The van der Waals surface area contributed by atoms with Crippen LogP contribution in [0.5, 0.6) is 0 Å². The molecular weight excluding hydrogens is 234 g/mol. The summed E-state index contributed by atoms with van der Waals surface area (Å²) in [6.45, 7) is 7.48. The Morgan fingerprint density at radius 1 is 1.47 bits per heavy atom. The van der Waals surface area contributed by atoms with Gasteiger partial charge in [0.2, 0.25) is 0 Å². The molecule has 0 spiro atoms. The average Bonchev–Trinajstić information content (AvgIpc) is 2.83. The number of thiophene rings is 1. The minimum Gasteiger partial charge on any atom is -0.339 e. The Morgan fingerprint density at radius 2 is 2.12 bits per heavy atom. The smallest absolute Gasteiger partial charge is 0.264 e. The number of nitrogens with zero attached hydrogens (tertiary/aromatic N) is 3. The molecule has 17 heavy (non-hydrogen) atoms. The van der Waals surface area contributed by atoms with Crippen molar-refractivity contribution in [2.75, 3.05) is 13.1 Å². The summed E-state index contributed by atoms with van der Waals surface area (Å²) in [5.74, 6) is 0.121. The molecular formula is C12H17N3OS. The van der Waals surface area contributed by atoms with Crippen LogP contribution in [0.3, 0.4) is 0 Å². The molecule has 0 fully saturated rings. The number of hydrogen-bond acceptors (Lipinski definition) is 3. The van der Waals surface area contributed by atoms with E-state index in [1.54, 1.807) is 0 Å². The van der Waals surface area contributed by atoms with Crippen LogP contribution >= 0.6 is 11.3 Å². The van der Waals surface area contributed by atoms with Gasteiger partial charge in [-0.25, -0.2) is 0 Å². The third-order valence-corrected chi connectivity index (χ3v) is 4.15. The highest BCUT2D eigenvalue weighted by atomic mass is 32.1. The Labute approximate surface area is 105 Å². The molecule has 0 unspecified atom stereocenters. The van der Waals surface area contributed by atoms with Gasteiger partial charge >= 0.3 is 0 Å². The van der Waals surface area contributed by atoms with Crippen LogP contribution in [0.15, 0.2) is 6.07 Å². The number of aryl methyl sites for hydroxylation is 2. The van der Waals surface area contributed by atoms with E-state index in [0.29, 0.717) is 0 Å². The molecule has 0 atom stereocenters. The van der Waals surface area contributed by atoms with E-state index in [4.69, 9.17) is 0 Å². The van der Waals surface area contributed by atoms with E-state index in [2.05, 4.69) is 5.10 Å². The lowest BCUT2D eigenvalue weighted by Crippen LogP contribution is -2.29. The molecule has 1 amide bonds. The molecule has 0 saturated heterocycles. The maximum absolute atomic E-state index is 12.2. The number of amides is 1. The second kappa shape index (κ2) is 4.49. The van der Waals surface area contributed by atoms with Gasteiger partial charge in [0.15, 0.2) is 0 Å². The molecule has 0 aliphatic rings. The average molecular weight is 251 g/mol. The number of rotatable bonds is 3. The maximum atomic E-state index is 12.2. The van der Waals surface area contributed by atoms with Crippen LogP contribution in [-0.4, -0.2) is 33.7 Å². The van der Waals surface area contributed by atoms with Crippen LogP contribution in [0.2, 0.25) is 0 Å². The summed E-state index contributed by atoms with van der Waals surface area (Å²) in [5.41, 5.74) is 0.984. The van der Waals surface area contributed by atoms with Crippen molar-refractivity contribution >= 4 is 27.5 Å². The fourth-order valence-electron chi connectivity index (χ4n) is 1.98. The van der Waals surface area contributed by atoms with Crippen LogP contribution in [0.25, 0.3) is 10.2 Å². The van der Waals surface area contributed by atoms with Gasteiger partial charge in [0.05, 0.1) is 10.6 Å². The normalized spacial score (nSPS) is 11.1. The molecule has 2 aromatic heterocycles. The molecule has 0 bridgehead atoms. The van der Waals surface area contributed by atoms with Gasteiger partial charge in [0, 0.05) is 25.5 Å². The van der Waals surface area contributed by atoms with E-state index in [9.17, 15) is 4.79 Å². The number of carbonyl (C=O) groups excluding carboxylic acids is 1. The standard InChI is InChI=1S/C12H17N3OS/c1-5-15(6-2)11(16)10-7-9-8(3)13-14(4)12(9)17-10/h7H,5-6H2,1-4H3. The van der Waals surface area contributed by atoms with Crippen molar-refractivity contribution in [3.63, 3.8) is 0 Å². The fraction of sp³-hybridized carbons (Fsp3) is 0.500. The molecule has 2 aromatic rings. The summed E-state index contributed by atoms with van der Waals surface area (Å²) in [7, 11) is 1.91. The van der Waals surface area contributed by atoms with Crippen LogP contribution in [-0.2, 0) is 7.05 Å². The minimum absolute atomic E-state index is 0.121. The summed E-state index contributed by atoms with van der Waals surface area (Å²) in [4.78, 5) is 15.9. The third kappa shape index (κ3) is 1.95. The molecule has 0 saturated carbocycles. The summed E-state index contributed by atoms with van der Waals surface area (Å²) < 4.78 is 1.84. The lowest BCUT2D eigenvalue weighted by atomic mass is 10.3. The summed E-state index contributed by atoms with van der Waals surface area (Å²) >= 11 is 1.52. The van der Waals surface area contributed by atoms with Crippen molar-refractivity contribution in [3.8, 4) is 0 Å². The molecule has 0 aliphatic heterocycles. The second-order valence-electron chi connectivity index (χ2n) is 4.02. The third-order valence-electron chi connectivity index (χ3n) is 2.96. The molecule has 4 nitrogen and oxygen atoms in total. The fourth-order valence-corrected chi connectivity index (χ4v) is 3.07. The van der Waals surface area contributed by atoms with E-state index in [-0.39, 0.29) is 5.91 Å². The highest BCUT2D eigenvalue weighted by Crippen LogP contribution is 2.28. The molecule has 0 aliphatic carbocycles. The lowest BCUT2D eigenvalue weighted by molar-refractivity contribution is 0.0778. The van der Waals surface area contributed by atoms with Gasteiger partial charge in [-0.2, -0.15) is 5.10 Å². The van der Waals surface area contributed by atoms with Crippen LogP contribution in [0, 0.1) is 6.92 Å². The maximum Gasteiger partial charge on any atom is 0.264 e. The van der Waals surface area contributed by atoms with Crippen molar-refractivity contribution in [3.05, 3.63) is 16.6 Å². The number of hydrogen-bond donors (Lipinski definition) is 0. The van der Waals surface area contributed by atoms with Crippen molar-refractivity contribution in [2.24, 2.45) is 7.05 Å². The Bertz CT molecular complexity index is 517. The molecule has 0 radical (unpaired) electrons. The molecule has 0 N–H and O–H groups in total. The summed E-state index contributed by atoms with van der Waals surface area (Å²) in [6, 6.07) is 1.96. The SMILES string of the molecule is CCN(CC)C(=O)c1cc2c(C)nn(C)c2s1. The zero-order chi connectivity index (χ0) is 12.6. The van der Waals surface area contributed by atoms with Crippen LogP contribution in [0.1, 0.15) is 29.2 Å².